The van der Waals surface area contributed by atoms with E-state index in [1.807, 2.05) is 22.8 Å². The summed E-state index contributed by atoms with van der Waals surface area (Å²) in [4.78, 5) is 27.5. The topological polar surface area (TPSA) is 90.0 Å². The third kappa shape index (κ3) is 2.56. The second-order valence-corrected chi connectivity index (χ2v) is 5.30. The van der Waals surface area contributed by atoms with Crippen LogP contribution < -0.4 is 16.7 Å². The fourth-order valence-corrected chi connectivity index (χ4v) is 2.83. The van der Waals surface area contributed by atoms with Gasteiger partial charge in [-0.3, -0.25) is 15.0 Å². The Morgan fingerprint density at radius 2 is 2.14 bits per heavy atom. The maximum absolute atomic E-state index is 11.8. The van der Waals surface area contributed by atoms with E-state index in [1.54, 1.807) is 17.6 Å². The number of amides is 1. The maximum atomic E-state index is 11.8. The van der Waals surface area contributed by atoms with Crippen LogP contribution in [0, 0.1) is 0 Å². The molecule has 0 aliphatic heterocycles. The third-order valence-electron chi connectivity index (χ3n) is 3.09. The first kappa shape index (κ1) is 13.5. The van der Waals surface area contributed by atoms with Crippen LogP contribution in [0.2, 0.25) is 0 Å². The molecule has 7 heteroatoms. The number of carbonyl (C=O) groups excluding carboxylic acids is 1. The third-order valence-corrected chi connectivity index (χ3v) is 3.98. The number of nitrogen functional groups attached to an aromatic ring is 1. The Kier molecular flexibility index (Phi) is 3.51. The zero-order valence-corrected chi connectivity index (χ0v) is 11.8. The number of nitrogens with zero attached hydrogens (tertiary/aromatic N) is 2. The summed E-state index contributed by atoms with van der Waals surface area (Å²) >= 11 is 1.23. The van der Waals surface area contributed by atoms with E-state index in [0.717, 1.165) is 11.2 Å². The number of hydrazine groups is 1. The van der Waals surface area contributed by atoms with Gasteiger partial charge in [0.25, 0.3) is 5.91 Å². The first-order valence-corrected chi connectivity index (χ1v) is 7.10. The SMILES string of the molecule is NNC(=O)c1nc(Cn2ccc(=O)c3ccccc32)cs1. The molecule has 0 radical (unpaired) electrons. The quantitative estimate of drug-likeness (QED) is 0.431. The van der Waals surface area contributed by atoms with Crippen LogP contribution in [0.3, 0.4) is 0 Å². The highest BCUT2D eigenvalue weighted by molar-refractivity contribution is 7.11. The van der Waals surface area contributed by atoms with Gasteiger partial charge in [-0.2, -0.15) is 0 Å². The number of aromatic nitrogens is 2. The lowest BCUT2D eigenvalue weighted by atomic mass is 10.2. The van der Waals surface area contributed by atoms with E-state index in [9.17, 15) is 9.59 Å². The first-order valence-electron chi connectivity index (χ1n) is 6.22. The smallest absolute Gasteiger partial charge is 0.294 e. The lowest BCUT2D eigenvalue weighted by molar-refractivity contribution is 0.0953. The molecule has 0 saturated carbocycles. The molecule has 3 aromatic rings. The molecule has 1 amide bonds. The molecule has 0 aliphatic rings. The maximum Gasteiger partial charge on any atom is 0.294 e. The van der Waals surface area contributed by atoms with E-state index in [4.69, 9.17) is 5.84 Å². The standard InChI is InChI=1S/C14H12N4O2S/c15-17-13(20)14-16-9(8-21-14)7-18-6-5-12(19)10-3-1-2-4-11(10)18/h1-6,8H,7,15H2,(H,17,20). The Morgan fingerprint density at radius 1 is 1.33 bits per heavy atom. The monoisotopic (exact) mass is 300 g/mol. The molecule has 21 heavy (non-hydrogen) atoms. The van der Waals surface area contributed by atoms with Crippen LogP contribution in [-0.4, -0.2) is 15.5 Å². The molecule has 1 aromatic carbocycles. The summed E-state index contributed by atoms with van der Waals surface area (Å²) in [5.41, 5.74) is 3.62. The van der Waals surface area contributed by atoms with Gasteiger partial charge in [0, 0.05) is 23.0 Å². The number of hydrogen-bond acceptors (Lipinski definition) is 5. The summed E-state index contributed by atoms with van der Waals surface area (Å²) in [6.07, 6.45) is 1.73. The van der Waals surface area contributed by atoms with Crippen LogP contribution in [-0.2, 0) is 6.54 Å². The van der Waals surface area contributed by atoms with Gasteiger partial charge >= 0.3 is 0 Å². The Hall–Kier alpha value is -2.51. The molecule has 2 aromatic heterocycles. The second kappa shape index (κ2) is 5.47. The first-order chi connectivity index (χ1) is 10.2. The van der Waals surface area contributed by atoms with Crippen LogP contribution in [0.4, 0.5) is 0 Å². The van der Waals surface area contributed by atoms with Crippen molar-refractivity contribution in [1.82, 2.24) is 15.0 Å². The Bertz CT molecular complexity index is 869. The van der Waals surface area contributed by atoms with Crippen molar-refractivity contribution < 1.29 is 4.79 Å². The van der Waals surface area contributed by atoms with Crippen LogP contribution >= 0.6 is 11.3 Å². The highest BCUT2D eigenvalue weighted by atomic mass is 32.1. The lowest BCUT2D eigenvalue weighted by Gasteiger charge is -2.08. The van der Waals surface area contributed by atoms with Crippen LogP contribution in [0.15, 0.2) is 46.7 Å². The highest BCUT2D eigenvalue weighted by Crippen LogP contribution is 2.14. The van der Waals surface area contributed by atoms with E-state index in [1.165, 1.54) is 17.4 Å². The average Bonchev–Trinajstić information content (AvgIpc) is 2.98. The van der Waals surface area contributed by atoms with Gasteiger partial charge in [0.2, 0.25) is 0 Å². The summed E-state index contributed by atoms with van der Waals surface area (Å²) < 4.78 is 1.93. The van der Waals surface area contributed by atoms with Crippen molar-refractivity contribution in [1.29, 1.82) is 0 Å². The number of nitrogens with one attached hydrogen (secondary N) is 1. The largest absolute Gasteiger partial charge is 0.341 e. The molecule has 3 rings (SSSR count). The van der Waals surface area contributed by atoms with Crippen LogP contribution in [0.25, 0.3) is 10.9 Å². The zero-order chi connectivity index (χ0) is 14.8. The summed E-state index contributed by atoms with van der Waals surface area (Å²) in [5.74, 6) is 4.68. The van der Waals surface area contributed by atoms with Gasteiger partial charge in [0.05, 0.1) is 17.8 Å². The van der Waals surface area contributed by atoms with Crippen molar-refractivity contribution in [2.45, 2.75) is 6.54 Å². The molecular weight excluding hydrogens is 288 g/mol. The predicted octanol–water partition coefficient (Wildman–Crippen LogP) is 1.11. The van der Waals surface area contributed by atoms with Crippen molar-refractivity contribution in [3.63, 3.8) is 0 Å². The van der Waals surface area contributed by atoms with Crippen molar-refractivity contribution in [2.24, 2.45) is 5.84 Å². The van der Waals surface area contributed by atoms with Crippen molar-refractivity contribution in [2.75, 3.05) is 0 Å². The number of pyridine rings is 1. The number of benzene rings is 1. The Balaban J connectivity index is 1.99. The fourth-order valence-electron chi connectivity index (χ4n) is 2.12. The van der Waals surface area contributed by atoms with Crippen molar-refractivity contribution in [3.8, 4) is 0 Å². The molecule has 106 valence electrons. The van der Waals surface area contributed by atoms with E-state index >= 15 is 0 Å². The van der Waals surface area contributed by atoms with Crippen LogP contribution in [0.1, 0.15) is 15.5 Å². The number of hydrogen-bond donors (Lipinski definition) is 2. The van der Waals surface area contributed by atoms with Gasteiger partial charge in [0.1, 0.15) is 0 Å². The van der Waals surface area contributed by atoms with Gasteiger partial charge in [0.15, 0.2) is 10.4 Å². The molecule has 0 aliphatic carbocycles. The average molecular weight is 300 g/mol. The van der Waals surface area contributed by atoms with Gasteiger partial charge in [-0.05, 0) is 12.1 Å². The molecule has 0 fully saturated rings. The predicted molar refractivity (Wildman–Crippen MR) is 81.1 cm³/mol. The van der Waals surface area contributed by atoms with Crippen molar-refractivity contribution in [3.05, 3.63) is 62.8 Å². The summed E-state index contributed by atoms with van der Waals surface area (Å²) in [7, 11) is 0. The fraction of sp³-hybridized carbons (Fsp3) is 0.0714. The van der Waals surface area contributed by atoms with Gasteiger partial charge in [-0.1, -0.05) is 12.1 Å². The molecule has 6 nitrogen and oxygen atoms in total. The minimum atomic E-state index is -0.406. The van der Waals surface area contributed by atoms with E-state index in [-0.39, 0.29) is 5.43 Å². The van der Waals surface area contributed by atoms with Crippen molar-refractivity contribution >= 4 is 28.1 Å². The summed E-state index contributed by atoms with van der Waals surface area (Å²) in [6, 6.07) is 8.93. The molecule has 0 bridgehead atoms. The zero-order valence-electron chi connectivity index (χ0n) is 10.9. The summed E-state index contributed by atoms with van der Waals surface area (Å²) in [5, 5.41) is 2.78. The number of para-hydroxylation sites is 1. The van der Waals surface area contributed by atoms with Gasteiger partial charge in [-0.25, -0.2) is 10.8 Å². The van der Waals surface area contributed by atoms with E-state index < -0.39 is 5.91 Å². The minimum absolute atomic E-state index is 0.0108. The molecule has 3 N–H and O–H groups in total. The van der Waals surface area contributed by atoms with Gasteiger partial charge in [-0.15, -0.1) is 11.3 Å². The second-order valence-electron chi connectivity index (χ2n) is 4.44. The highest BCUT2D eigenvalue weighted by Gasteiger charge is 2.10. The van der Waals surface area contributed by atoms with E-state index in [0.29, 0.717) is 16.9 Å². The minimum Gasteiger partial charge on any atom is -0.341 e. The molecule has 0 atom stereocenters. The molecule has 0 saturated heterocycles. The lowest BCUT2D eigenvalue weighted by Crippen LogP contribution is -2.29. The molecule has 2 heterocycles. The number of rotatable bonds is 3. The molecule has 0 spiro atoms. The normalized spacial score (nSPS) is 10.7. The number of fused-ring (bicyclic) bond motifs is 1. The van der Waals surface area contributed by atoms with Gasteiger partial charge < -0.3 is 4.57 Å². The van der Waals surface area contributed by atoms with E-state index in [2.05, 4.69) is 10.4 Å². The summed E-state index contributed by atoms with van der Waals surface area (Å²) in [6.45, 7) is 0.481. The number of carbonyl (C=O) groups is 1. The number of thiazole rings is 1. The van der Waals surface area contributed by atoms with Crippen LogP contribution in [0.5, 0.6) is 0 Å². The number of nitrogens with two attached hydrogens (primary N) is 1. The molecule has 0 unspecified atom stereocenters. The molecular formula is C14H12N4O2S. The Labute approximate surface area is 123 Å². The Morgan fingerprint density at radius 3 is 2.95 bits per heavy atom.